The van der Waals surface area contributed by atoms with Crippen LogP contribution >= 0.6 is 0 Å². The Kier molecular flexibility index (Phi) is 9.03. The molecule has 0 bridgehead atoms. The monoisotopic (exact) mass is 220 g/mol. The van der Waals surface area contributed by atoms with Gasteiger partial charge in [-0.15, -0.1) is 0 Å². The van der Waals surface area contributed by atoms with Gasteiger partial charge in [0.25, 0.3) is 0 Å². The Labute approximate surface area is 85.5 Å². The number of hydrogen-bond donors (Lipinski definition) is 3. The van der Waals surface area contributed by atoms with Gasteiger partial charge in [-0.3, -0.25) is 14.5 Å². The summed E-state index contributed by atoms with van der Waals surface area (Å²) in [6, 6.07) is 0. The summed E-state index contributed by atoms with van der Waals surface area (Å²) in [4.78, 5) is 32.5. The maximum Gasteiger partial charge on any atom is 0.367 e. The summed E-state index contributed by atoms with van der Waals surface area (Å²) >= 11 is 0. The Hall–Kier alpha value is -1.89. The van der Waals surface area contributed by atoms with Crippen LogP contribution in [0.5, 0.6) is 0 Å². The fourth-order valence-corrected chi connectivity index (χ4v) is 0.292. The third kappa shape index (κ3) is 14.9. The lowest BCUT2D eigenvalue weighted by molar-refractivity contribution is -0.229. The van der Waals surface area contributed by atoms with Gasteiger partial charge in [-0.2, -0.15) is 5.26 Å². The molecule has 0 heterocycles. The first kappa shape index (κ1) is 15.6. The highest BCUT2D eigenvalue weighted by Gasteiger charge is 2.00. The zero-order chi connectivity index (χ0) is 12.4. The van der Waals surface area contributed by atoms with E-state index in [2.05, 4.69) is 11.5 Å². The lowest BCUT2D eigenvalue weighted by Gasteiger charge is -1.88. The molecule has 0 unspecified atom stereocenters. The van der Waals surface area contributed by atoms with Gasteiger partial charge in [-0.25, -0.2) is 4.79 Å². The van der Waals surface area contributed by atoms with Gasteiger partial charge >= 0.3 is 17.9 Å². The van der Waals surface area contributed by atoms with Gasteiger partial charge in [0.05, 0.1) is 12.8 Å². The largest absolute Gasteiger partial charge is 0.481 e. The standard InChI is InChI=1S/C4H6O4.C4H6O3/c5-3(6)1-2-4(7)8;1-3(2)4(5)7-6/h1-2H2,(H,5,6)(H,7,8);6H,1H2,2H3. The quantitative estimate of drug-likeness (QED) is 0.358. The predicted octanol–water partition coefficient (Wildman–Crippen LogP) is 0.515. The third-order valence-electron chi connectivity index (χ3n) is 0.984. The molecule has 3 N–H and O–H groups in total. The van der Waals surface area contributed by atoms with Crippen molar-refractivity contribution in [1.29, 1.82) is 0 Å². The second-order valence-electron chi connectivity index (χ2n) is 2.45. The molecule has 0 saturated heterocycles. The van der Waals surface area contributed by atoms with E-state index in [0.717, 1.165) is 0 Å². The smallest absolute Gasteiger partial charge is 0.367 e. The van der Waals surface area contributed by atoms with Crippen molar-refractivity contribution < 1.29 is 34.7 Å². The summed E-state index contributed by atoms with van der Waals surface area (Å²) in [7, 11) is 0. The minimum absolute atomic E-state index is 0.183. The Morgan fingerprint density at radius 2 is 1.47 bits per heavy atom. The van der Waals surface area contributed by atoms with Crippen LogP contribution in [0.25, 0.3) is 0 Å². The highest BCUT2D eigenvalue weighted by Crippen LogP contribution is 1.87. The van der Waals surface area contributed by atoms with Crippen LogP contribution in [0.2, 0.25) is 0 Å². The summed E-state index contributed by atoms with van der Waals surface area (Å²) in [5.74, 6) is -2.94. The number of hydrogen-bond acceptors (Lipinski definition) is 5. The second-order valence-corrected chi connectivity index (χ2v) is 2.45. The van der Waals surface area contributed by atoms with Crippen LogP contribution < -0.4 is 0 Å². The fraction of sp³-hybridized carbons (Fsp3) is 0.375. The van der Waals surface area contributed by atoms with E-state index in [4.69, 9.17) is 15.5 Å². The van der Waals surface area contributed by atoms with Gasteiger partial charge in [0.1, 0.15) is 0 Å². The number of carbonyl (C=O) groups excluding carboxylic acids is 1. The molecular formula is C8H12O7. The minimum atomic E-state index is -1.08. The van der Waals surface area contributed by atoms with Crippen LogP contribution in [0.3, 0.4) is 0 Å². The minimum Gasteiger partial charge on any atom is -0.481 e. The summed E-state index contributed by atoms with van der Waals surface area (Å²) < 4.78 is 0. The van der Waals surface area contributed by atoms with E-state index in [1.807, 2.05) is 0 Å². The predicted molar refractivity (Wildman–Crippen MR) is 48.0 cm³/mol. The van der Waals surface area contributed by atoms with Crippen LogP contribution in [0, 0.1) is 0 Å². The molecule has 0 atom stereocenters. The van der Waals surface area contributed by atoms with Crippen molar-refractivity contribution in [2.75, 3.05) is 0 Å². The van der Waals surface area contributed by atoms with Gasteiger partial charge in [0, 0.05) is 5.57 Å². The topological polar surface area (TPSA) is 121 Å². The van der Waals surface area contributed by atoms with Gasteiger partial charge in [0.15, 0.2) is 0 Å². The number of rotatable bonds is 4. The molecule has 0 radical (unpaired) electrons. The first-order valence-electron chi connectivity index (χ1n) is 3.76. The maximum atomic E-state index is 9.94. The van der Waals surface area contributed by atoms with Gasteiger partial charge in [-0.1, -0.05) is 6.58 Å². The molecular weight excluding hydrogens is 208 g/mol. The Balaban J connectivity index is 0. The summed E-state index contributed by atoms with van der Waals surface area (Å²) in [5, 5.41) is 23.4. The van der Waals surface area contributed by atoms with E-state index in [-0.39, 0.29) is 18.4 Å². The molecule has 0 aliphatic rings. The normalized spacial score (nSPS) is 8.13. The van der Waals surface area contributed by atoms with Crippen LogP contribution in [-0.2, 0) is 19.3 Å². The van der Waals surface area contributed by atoms with E-state index in [1.54, 1.807) is 0 Å². The summed E-state index contributed by atoms with van der Waals surface area (Å²) in [6.07, 6.45) is -0.593. The van der Waals surface area contributed by atoms with Crippen LogP contribution in [0.15, 0.2) is 12.2 Å². The first-order valence-corrected chi connectivity index (χ1v) is 3.76. The molecule has 86 valence electrons. The third-order valence-corrected chi connectivity index (χ3v) is 0.984. The van der Waals surface area contributed by atoms with E-state index >= 15 is 0 Å². The van der Waals surface area contributed by atoms with Crippen molar-refractivity contribution in [3.8, 4) is 0 Å². The zero-order valence-electron chi connectivity index (χ0n) is 8.10. The molecule has 0 aliphatic heterocycles. The second kappa shape index (κ2) is 8.70. The summed E-state index contributed by atoms with van der Waals surface area (Å²) in [6.45, 7) is 4.63. The zero-order valence-corrected chi connectivity index (χ0v) is 8.10. The van der Waals surface area contributed by atoms with E-state index < -0.39 is 17.9 Å². The molecule has 7 heteroatoms. The SMILES string of the molecule is C=C(C)C(=O)OO.O=C(O)CCC(=O)O. The molecule has 0 fully saturated rings. The van der Waals surface area contributed by atoms with Crippen molar-refractivity contribution in [3.05, 3.63) is 12.2 Å². The van der Waals surface area contributed by atoms with E-state index in [0.29, 0.717) is 0 Å². The average molecular weight is 220 g/mol. The number of aliphatic carboxylic acids is 2. The van der Waals surface area contributed by atoms with Gasteiger partial charge in [-0.05, 0) is 6.92 Å². The summed E-state index contributed by atoms with van der Waals surface area (Å²) in [5.41, 5.74) is 0.183. The molecule has 0 aromatic carbocycles. The molecule has 0 aliphatic carbocycles. The molecule has 7 nitrogen and oxygen atoms in total. The number of carboxylic acid groups (broad SMARTS) is 2. The molecule has 0 aromatic heterocycles. The highest BCUT2D eigenvalue weighted by molar-refractivity contribution is 5.86. The van der Waals surface area contributed by atoms with Gasteiger partial charge in [0.2, 0.25) is 0 Å². The maximum absolute atomic E-state index is 9.94. The first-order chi connectivity index (χ1) is 6.81. The van der Waals surface area contributed by atoms with Crippen LogP contribution in [0.4, 0.5) is 0 Å². The van der Waals surface area contributed by atoms with Crippen molar-refractivity contribution in [2.24, 2.45) is 0 Å². The van der Waals surface area contributed by atoms with Crippen molar-refractivity contribution in [3.63, 3.8) is 0 Å². The lowest BCUT2D eigenvalue weighted by atomic mass is 10.3. The van der Waals surface area contributed by atoms with Gasteiger partial charge < -0.3 is 10.2 Å². The van der Waals surface area contributed by atoms with Crippen molar-refractivity contribution in [2.45, 2.75) is 19.8 Å². The molecule has 0 amide bonds. The highest BCUT2D eigenvalue weighted by atomic mass is 17.1. The Morgan fingerprint density at radius 3 is 1.53 bits per heavy atom. The Morgan fingerprint density at radius 1 is 1.13 bits per heavy atom. The van der Waals surface area contributed by atoms with Crippen molar-refractivity contribution >= 4 is 17.9 Å². The average Bonchev–Trinajstić information content (AvgIpc) is 2.14. The Bertz CT molecular complexity index is 242. The molecule has 0 spiro atoms. The van der Waals surface area contributed by atoms with Crippen molar-refractivity contribution in [1.82, 2.24) is 0 Å². The number of carboxylic acids is 2. The van der Waals surface area contributed by atoms with Crippen LogP contribution in [0.1, 0.15) is 19.8 Å². The van der Waals surface area contributed by atoms with E-state index in [1.165, 1.54) is 6.92 Å². The molecule has 15 heavy (non-hydrogen) atoms. The molecule has 0 saturated carbocycles. The lowest BCUT2D eigenvalue weighted by Crippen LogP contribution is -2.00. The van der Waals surface area contributed by atoms with Crippen LogP contribution in [-0.4, -0.2) is 33.4 Å². The molecule has 0 aromatic rings. The van der Waals surface area contributed by atoms with E-state index in [9.17, 15) is 14.4 Å². The fourth-order valence-electron chi connectivity index (χ4n) is 0.292. The molecule has 0 rings (SSSR count). The number of carbonyl (C=O) groups is 3.